The number of anilines is 1. The Kier molecular flexibility index (Phi) is 8.51. The van der Waals surface area contributed by atoms with Gasteiger partial charge < -0.3 is 9.47 Å². The third-order valence-electron chi connectivity index (χ3n) is 5.62. The summed E-state index contributed by atoms with van der Waals surface area (Å²) in [5, 5.41) is 2.63. The number of halogens is 2. The Hall–Kier alpha value is -4.07. The highest BCUT2D eigenvalue weighted by atomic mass is 35.5. The fraction of sp³-hybridized carbons (Fsp3) is 0.138. The van der Waals surface area contributed by atoms with Crippen LogP contribution in [0.3, 0.4) is 0 Å². The average Bonchev–Trinajstić information content (AvgIpc) is 2.89. The summed E-state index contributed by atoms with van der Waals surface area (Å²) in [6.45, 7) is 6.37. The molecule has 0 spiro atoms. The second-order valence-corrected chi connectivity index (χ2v) is 9.08. The summed E-state index contributed by atoms with van der Waals surface area (Å²) in [6, 6.07) is 16.6. The number of allylic oxidation sites excluding steroid dienone is 1. The van der Waals surface area contributed by atoms with Crippen LogP contribution in [0.15, 0.2) is 78.9 Å². The molecule has 9 heteroatoms. The van der Waals surface area contributed by atoms with Crippen molar-refractivity contribution in [2.75, 3.05) is 11.5 Å². The van der Waals surface area contributed by atoms with Gasteiger partial charge in [0, 0.05) is 5.56 Å². The van der Waals surface area contributed by atoms with Gasteiger partial charge in [0.1, 0.15) is 12.2 Å². The zero-order valence-electron chi connectivity index (χ0n) is 20.5. The number of imide groups is 2. The molecule has 1 fully saturated rings. The van der Waals surface area contributed by atoms with E-state index in [0.29, 0.717) is 36.7 Å². The fourth-order valence-electron chi connectivity index (χ4n) is 3.91. The molecule has 0 atom stereocenters. The molecule has 0 aromatic heterocycles. The monoisotopic (exact) mass is 550 g/mol. The van der Waals surface area contributed by atoms with Crippen molar-refractivity contribution >= 4 is 52.8 Å². The van der Waals surface area contributed by atoms with Crippen LogP contribution in [0.25, 0.3) is 6.08 Å². The van der Waals surface area contributed by atoms with E-state index in [4.69, 9.17) is 32.7 Å². The zero-order chi connectivity index (χ0) is 27.2. The second-order valence-electron chi connectivity index (χ2n) is 8.26. The highest BCUT2D eigenvalue weighted by Crippen LogP contribution is 2.36. The lowest BCUT2D eigenvalue weighted by Gasteiger charge is -2.26. The topological polar surface area (TPSA) is 84.9 Å². The van der Waals surface area contributed by atoms with Crippen LogP contribution >= 0.6 is 23.2 Å². The predicted octanol–water partition coefficient (Wildman–Crippen LogP) is 6.37. The molecule has 1 aliphatic heterocycles. The van der Waals surface area contributed by atoms with Crippen molar-refractivity contribution in [2.24, 2.45) is 0 Å². The van der Waals surface area contributed by atoms with E-state index in [1.54, 1.807) is 18.2 Å². The Morgan fingerprint density at radius 1 is 0.974 bits per heavy atom. The number of carbonyl (C=O) groups excluding carboxylic acids is 3. The number of nitrogens with one attached hydrogen (secondary N) is 1. The van der Waals surface area contributed by atoms with E-state index in [1.165, 1.54) is 24.3 Å². The van der Waals surface area contributed by atoms with Crippen LogP contribution < -0.4 is 19.7 Å². The van der Waals surface area contributed by atoms with Gasteiger partial charge in [-0.2, -0.15) is 0 Å². The summed E-state index contributed by atoms with van der Waals surface area (Å²) in [4.78, 5) is 39.4. The minimum absolute atomic E-state index is 0.161. The van der Waals surface area contributed by atoms with Gasteiger partial charge in [0.15, 0.2) is 11.5 Å². The van der Waals surface area contributed by atoms with Gasteiger partial charge in [-0.05, 0) is 60.9 Å². The number of rotatable bonds is 9. The fourth-order valence-corrected chi connectivity index (χ4v) is 4.21. The van der Waals surface area contributed by atoms with E-state index in [1.807, 2.05) is 37.3 Å². The normalized spacial score (nSPS) is 14.4. The zero-order valence-corrected chi connectivity index (χ0v) is 22.0. The van der Waals surface area contributed by atoms with Crippen molar-refractivity contribution in [1.29, 1.82) is 0 Å². The molecule has 1 N–H and O–H groups in total. The number of nitrogens with zero attached hydrogens (tertiary/aromatic N) is 1. The van der Waals surface area contributed by atoms with E-state index >= 15 is 0 Å². The quantitative estimate of drug-likeness (QED) is 0.190. The first-order valence-electron chi connectivity index (χ1n) is 11.8. The van der Waals surface area contributed by atoms with Crippen molar-refractivity contribution in [3.05, 3.63) is 106 Å². The first kappa shape index (κ1) is 27.0. The highest BCUT2D eigenvalue weighted by Gasteiger charge is 2.37. The molecule has 0 radical (unpaired) electrons. The minimum Gasteiger partial charge on any atom is -0.490 e. The molecule has 3 aromatic carbocycles. The van der Waals surface area contributed by atoms with Crippen LogP contribution in [0.2, 0.25) is 10.0 Å². The van der Waals surface area contributed by atoms with Gasteiger partial charge >= 0.3 is 6.03 Å². The van der Waals surface area contributed by atoms with Crippen molar-refractivity contribution in [3.63, 3.8) is 0 Å². The van der Waals surface area contributed by atoms with Gasteiger partial charge in [0.05, 0.1) is 22.3 Å². The van der Waals surface area contributed by atoms with Gasteiger partial charge in [-0.25, -0.2) is 9.69 Å². The van der Waals surface area contributed by atoms with E-state index < -0.39 is 17.8 Å². The van der Waals surface area contributed by atoms with E-state index in [2.05, 4.69) is 11.9 Å². The second kappa shape index (κ2) is 12.0. The van der Waals surface area contributed by atoms with Crippen molar-refractivity contribution in [2.45, 2.75) is 20.0 Å². The number of hydrogen-bond donors (Lipinski definition) is 1. The number of barbiturate groups is 1. The van der Waals surface area contributed by atoms with E-state index in [-0.39, 0.29) is 21.3 Å². The maximum atomic E-state index is 13.3. The molecule has 194 valence electrons. The summed E-state index contributed by atoms with van der Waals surface area (Å²) in [5.74, 6) is -0.616. The molecule has 0 saturated carbocycles. The highest BCUT2D eigenvalue weighted by molar-refractivity contribution is 6.43. The molecule has 1 heterocycles. The molecule has 7 nitrogen and oxygen atoms in total. The van der Waals surface area contributed by atoms with E-state index in [0.717, 1.165) is 16.0 Å². The van der Waals surface area contributed by atoms with Crippen LogP contribution in [-0.2, 0) is 22.6 Å². The lowest BCUT2D eigenvalue weighted by molar-refractivity contribution is -0.122. The summed E-state index contributed by atoms with van der Waals surface area (Å²) >= 11 is 12.1. The number of benzene rings is 3. The van der Waals surface area contributed by atoms with Crippen molar-refractivity contribution in [1.82, 2.24) is 5.32 Å². The van der Waals surface area contributed by atoms with Gasteiger partial charge in [0.2, 0.25) is 0 Å². The number of amides is 4. The Morgan fingerprint density at radius 2 is 1.74 bits per heavy atom. The standard InChI is InChI=1S/C29H24Cl2N2O5/c1-3-8-20-13-19(15-25(37-4-2)26(20)38-17-18-9-6-5-7-10-18)14-22-27(34)32-29(36)33(28(22)35)21-11-12-23(30)24(31)16-21/h3,5-7,9-16H,1,4,8,17H2,2H3,(H,32,34,36)/b22-14+. The van der Waals surface area contributed by atoms with Gasteiger partial charge in [0.25, 0.3) is 11.8 Å². The number of ether oxygens (including phenoxy) is 2. The molecule has 0 aliphatic carbocycles. The molecule has 0 unspecified atom stereocenters. The molecule has 0 bridgehead atoms. The Bertz CT molecular complexity index is 1440. The predicted molar refractivity (Wildman–Crippen MR) is 148 cm³/mol. The Morgan fingerprint density at radius 3 is 2.42 bits per heavy atom. The first-order chi connectivity index (χ1) is 18.3. The van der Waals surface area contributed by atoms with Crippen LogP contribution in [-0.4, -0.2) is 24.5 Å². The molecule has 3 aromatic rings. The van der Waals surface area contributed by atoms with Crippen molar-refractivity contribution in [3.8, 4) is 11.5 Å². The molecule has 1 aliphatic rings. The third-order valence-corrected chi connectivity index (χ3v) is 6.36. The number of carbonyl (C=O) groups is 3. The number of hydrogen-bond acceptors (Lipinski definition) is 5. The third kappa shape index (κ3) is 5.90. The summed E-state index contributed by atoms with van der Waals surface area (Å²) < 4.78 is 12.0. The number of urea groups is 1. The maximum Gasteiger partial charge on any atom is 0.335 e. The van der Waals surface area contributed by atoms with Crippen LogP contribution in [0.1, 0.15) is 23.6 Å². The average molecular weight is 551 g/mol. The van der Waals surface area contributed by atoms with E-state index in [9.17, 15) is 14.4 Å². The molecule has 38 heavy (non-hydrogen) atoms. The minimum atomic E-state index is -0.887. The summed E-state index contributed by atoms with van der Waals surface area (Å²) in [7, 11) is 0. The van der Waals surface area contributed by atoms with Gasteiger partial charge in [-0.3, -0.25) is 14.9 Å². The van der Waals surface area contributed by atoms with Crippen LogP contribution in [0, 0.1) is 0 Å². The molecule has 4 rings (SSSR count). The molecular formula is C29H24Cl2N2O5. The summed E-state index contributed by atoms with van der Waals surface area (Å²) in [6.07, 6.45) is 3.58. The SMILES string of the molecule is C=CCc1cc(/C=C2\C(=O)NC(=O)N(c3ccc(Cl)c(Cl)c3)C2=O)cc(OCC)c1OCc1ccccc1. The first-order valence-corrected chi connectivity index (χ1v) is 12.5. The molecule has 4 amide bonds. The van der Waals surface area contributed by atoms with Crippen LogP contribution in [0.5, 0.6) is 11.5 Å². The lowest BCUT2D eigenvalue weighted by atomic mass is 10.0. The van der Waals surface area contributed by atoms with Gasteiger partial charge in [-0.1, -0.05) is 59.6 Å². The van der Waals surface area contributed by atoms with Crippen LogP contribution in [0.4, 0.5) is 10.5 Å². The van der Waals surface area contributed by atoms with Crippen molar-refractivity contribution < 1.29 is 23.9 Å². The Balaban J connectivity index is 1.73. The maximum absolute atomic E-state index is 13.3. The lowest BCUT2D eigenvalue weighted by Crippen LogP contribution is -2.54. The Labute approximate surface area is 230 Å². The van der Waals surface area contributed by atoms with Gasteiger partial charge in [-0.15, -0.1) is 6.58 Å². The smallest absolute Gasteiger partial charge is 0.335 e. The summed E-state index contributed by atoms with van der Waals surface area (Å²) in [5.41, 5.74) is 2.20. The largest absolute Gasteiger partial charge is 0.490 e. The molecule has 1 saturated heterocycles. The molecular weight excluding hydrogens is 527 g/mol.